The van der Waals surface area contributed by atoms with Gasteiger partial charge in [0.25, 0.3) is 0 Å². The van der Waals surface area contributed by atoms with Gasteiger partial charge < -0.3 is 4.74 Å². The highest BCUT2D eigenvalue weighted by atomic mass is 35.5. The third kappa shape index (κ3) is 2.84. The predicted molar refractivity (Wildman–Crippen MR) is 51.9 cm³/mol. The Labute approximate surface area is 86.6 Å². The molecule has 0 aliphatic rings. The molecule has 1 rings (SSSR count). The first kappa shape index (κ1) is 11.2. The van der Waals surface area contributed by atoms with Crippen LogP contribution in [0, 0.1) is 6.92 Å². The Bertz CT molecular complexity index is 313. The normalized spacial score (nSPS) is 11.1. The summed E-state index contributed by atoms with van der Waals surface area (Å²) >= 11 is 5.73. The first-order chi connectivity index (χ1) is 6.50. The van der Waals surface area contributed by atoms with Crippen LogP contribution >= 0.6 is 11.6 Å². The maximum absolute atomic E-state index is 12.0. The van der Waals surface area contributed by atoms with Crippen LogP contribution in [0.1, 0.15) is 18.4 Å². The summed E-state index contributed by atoms with van der Waals surface area (Å²) in [5, 5.41) is 0.483. The molecule has 0 saturated heterocycles. The van der Waals surface area contributed by atoms with Crippen LogP contribution in [0.25, 0.3) is 0 Å². The van der Waals surface area contributed by atoms with Crippen molar-refractivity contribution in [3.8, 4) is 5.75 Å². The van der Waals surface area contributed by atoms with E-state index in [-0.39, 0.29) is 11.7 Å². The molecule has 0 spiro atoms. The van der Waals surface area contributed by atoms with Crippen molar-refractivity contribution in [1.29, 1.82) is 0 Å². The van der Waals surface area contributed by atoms with E-state index in [9.17, 15) is 8.78 Å². The van der Waals surface area contributed by atoms with E-state index in [1.807, 2.05) is 0 Å². The minimum absolute atomic E-state index is 0.131. The second-order valence-electron chi connectivity index (χ2n) is 2.96. The first-order valence-electron chi connectivity index (χ1n) is 4.08. The zero-order valence-corrected chi connectivity index (χ0v) is 8.39. The van der Waals surface area contributed by atoms with Gasteiger partial charge in [0.15, 0.2) is 0 Å². The first-order valence-corrected chi connectivity index (χ1v) is 4.46. The average Bonchev–Trinajstić information content (AvgIpc) is 2.07. The third-order valence-corrected chi connectivity index (χ3v) is 1.95. The van der Waals surface area contributed by atoms with E-state index in [1.165, 1.54) is 12.1 Å². The van der Waals surface area contributed by atoms with Gasteiger partial charge in [-0.05, 0) is 36.6 Å². The highest BCUT2D eigenvalue weighted by Crippen LogP contribution is 2.30. The smallest absolute Gasteiger partial charge is 0.387 e. The Morgan fingerprint density at radius 1 is 1.43 bits per heavy atom. The van der Waals surface area contributed by atoms with E-state index in [4.69, 9.17) is 11.6 Å². The summed E-state index contributed by atoms with van der Waals surface area (Å²) in [6.07, 6.45) is 0. The molecule has 1 unspecified atom stereocenters. The van der Waals surface area contributed by atoms with Crippen LogP contribution in [0.2, 0.25) is 5.02 Å². The van der Waals surface area contributed by atoms with Crippen LogP contribution in [0.15, 0.2) is 18.2 Å². The highest BCUT2D eigenvalue weighted by Gasteiger charge is 2.12. The van der Waals surface area contributed by atoms with Crippen LogP contribution in [-0.2, 0) is 0 Å². The van der Waals surface area contributed by atoms with Crippen LogP contribution in [0.4, 0.5) is 8.78 Å². The van der Waals surface area contributed by atoms with Crippen LogP contribution in [-0.4, -0.2) is 6.61 Å². The minimum atomic E-state index is -2.83. The van der Waals surface area contributed by atoms with Gasteiger partial charge in [-0.1, -0.05) is 18.5 Å². The topological polar surface area (TPSA) is 9.23 Å². The fourth-order valence-electron chi connectivity index (χ4n) is 1.11. The van der Waals surface area contributed by atoms with Gasteiger partial charge in [0.1, 0.15) is 5.75 Å². The minimum Gasteiger partial charge on any atom is -0.435 e. The summed E-state index contributed by atoms with van der Waals surface area (Å²) in [5.41, 5.74) is 0.581. The SMILES string of the molecule is [CH2]C(C)c1cc(Cl)ccc1OC(F)F. The van der Waals surface area contributed by atoms with Crippen molar-refractivity contribution in [1.82, 2.24) is 0 Å². The molecule has 0 bridgehead atoms. The van der Waals surface area contributed by atoms with Crippen molar-refractivity contribution in [2.45, 2.75) is 19.5 Å². The predicted octanol–water partition coefficient (Wildman–Crippen LogP) is 3.88. The van der Waals surface area contributed by atoms with Gasteiger partial charge in [0, 0.05) is 5.02 Å². The Morgan fingerprint density at radius 2 is 2.07 bits per heavy atom. The monoisotopic (exact) mass is 219 g/mol. The molecular formula is C10H10ClF2O. The molecule has 1 aromatic carbocycles. The molecule has 77 valence electrons. The van der Waals surface area contributed by atoms with E-state index >= 15 is 0 Å². The Morgan fingerprint density at radius 3 is 2.57 bits per heavy atom. The molecule has 1 atom stereocenters. The fourth-order valence-corrected chi connectivity index (χ4v) is 1.29. The average molecular weight is 220 g/mol. The number of alkyl halides is 2. The number of halogens is 3. The summed E-state index contributed by atoms with van der Waals surface area (Å²) in [5.74, 6) is -0.0191. The largest absolute Gasteiger partial charge is 0.435 e. The van der Waals surface area contributed by atoms with E-state index in [0.29, 0.717) is 10.6 Å². The number of hydrogen-bond acceptors (Lipinski definition) is 1. The lowest BCUT2D eigenvalue weighted by atomic mass is 10.0. The molecule has 0 amide bonds. The number of ether oxygens (including phenoxy) is 1. The third-order valence-electron chi connectivity index (χ3n) is 1.72. The molecule has 0 saturated carbocycles. The molecule has 0 aliphatic heterocycles. The standard InChI is InChI=1S/C10H10ClF2O/c1-6(2)8-5-7(11)3-4-9(8)14-10(12)13/h3-6,10H,1H2,2H3. The highest BCUT2D eigenvalue weighted by molar-refractivity contribution is 6.30. The van der Waals surface area contributed by atoms with Gasteiger partial charge in [0.2, 0.25) is 0 Å². The van der Waals surface area contributed by atoms with Gasteiger partial charge >= 0.3 is 6.61 Å². The van der Waals surface area contributed by atoms with Gasteiger partial charge in [-0.15, -0.1) is 0 Å². The molecule has 0 aromatic heterocycles. The Balaban J connectivity index is 3.02. The molecule has 1 radical (unpaired) electrons. The van der Waals surface area contributed by atoms with Crippen LogP contribution in [0.3, 0.4) is 0 Å². The number of rotatable bonds is 3. The summed E-state index contributed by atoms with van der Waals surface area (Å²) in [6.45, 7) is 2.69. The van der Waals surface area contributed by atoms with Gasteiger partial charge in [-0.3, -0.25) is 0 Å². The summed E-state index contributed by atoms with van der Waals surface area (Å²) in [7, 11) is 0. The van der Waals surface area contributed by atoms with Crippen molar-refractivity contribution < 1.29 is 13.5 Å². The van der Waals surface area contributed by atoms with Crippen molar-refractivity contribution in [2.75, 3.05) is 0 Å². The van der Waals surface area contributed by atoms with Crippen molar-refractivity contribution in [2.24, 2.45) is 0 Å². The molecule has 0 aliphatic carbocycles. The second-order valence-corrected chi connectivity index (χ2v) is 3.40. The van der Waals surface area contributed by atoms with Crippen LogP contribution < -0.4 is 4.74 Å². The molecule has 1 nitrogen and oxygen atoms in total. The molecular weight excluding hydrogens is 210 g/mol. The van der Waals surface area contributed by atoms with Crippen molar-refractivity contribution in [3.05, 3.63) is 35.7 Å². The summed E-state index contributed by atoms with van der Waals surface area (Å²) < 4.78 is 28.3. The number of hydrogen-bond donors (Lipinski definition) is 0. The zero-order valence-electron chi connectivity index (χ0n) is 7.64. The fraction of sp³-hybridized carbons (Fsp3) is 0.300. The van der Waals surface area contributed by atoms with Crippen molar-refractivity contribution >= 4 is 11.6 Å². The molecule has 0 N–H and O–H groups in total. The van der Waals surface area contributed by atoms with E-state index in [2.05, 4.69) is 11.7 Å². The lowest BCUT2D eigenvalue weighted by Crippen LogP contribution is -2.05. The Kier molecular flexibility index (Phi) is 3.69. The lowest BCUT2D eigenvalue weighted by molar-refractivity contribution is -0.0505. The number of benzene rings is 1. The van der Waals surface area contributed by atoms with Gasteiger partial charge in [0.05, 0.1) is 0 Å². The van der Waals surface area contributed by atoms with E-state index in [0.717, 1.165) is 0 Å². The van der Waals surface area contributed by atoms with Gasteiger partial charge in [-0.25, -0.2) is 0 Å². The quantitative estimate of drug-likeness (QED) is 0.750. The lowest BCUT2D eigenvalue weighted by Gasteiger charge is -2.13. The van der Waals surface area contributed by atoms with Crippen molar-refractivity contribution in [3.63, 3.8) is 0 Å². The van der Waals surface area contributed by atoms with E-state index < -0.39 is 6.61 Å². The maximum Gasteiger partial charge on any atom is 0.387 e. The molecule has 1 aromatic rings. The van der Waals surface area contributed by atoms with E-state index in [1.54, 1.807) is 13.0 Å². The summed E-state index contributed by atoms with van der Waals surface area (Å²) in [6, 6.07) is 4.51. The molecule has 0 heterocycles. The Hall–Kier alpha value is -0.830. The van der Waals surface area contributed by atoms with Crippen LogP contribution in [0.5, 0.6) is 5.75 Å². The molecule has 0 fully saturated rings. The molecule has 4 heteroatoms. The van der Waals surface area contributed by atoms with Gasteiger partial charge in [-0.2, -0.15) is 8.78 Å². The summed E-state index contributed by atoms with van der Waals surface area (Å²) in [4.78, 5) is 0. The maximum atomic E-state index is 12.0. The zero-order chi connectivity index (χ0) is 10.7. The second kappa shape index (κ2) is 4.60. The molecule has 14 heavy (non-hydrogen) atoms.